The van der Waals surface area contributed by atoms with Crippen molar-refractivity contribution in [1.82, 2.24) is 4.98 Å². The topological polar surface area (TPSA) is 102 Å². The number of benzene rings is 1. The zero-order valence-electron chi connectivity index (χ0n) is 11.4. The standard InChI is InChI=1S/C14H16N2O4S/c15-21(18,19)20-9-6-7-11-10-4-2-1-3-5-12(10)14(17)16-13(11)8-9/h6-8H,1-5H2,(H,16,17)(H2,15,18,19). The predicted octanol–water partition coefficient (Wildman–Crippen LogP) is 1.38. The number of aryl methyl sites for hydroxylation is 1. The highest BCUT2D eigenvalue weighted by molar-refractivity contribution is 7.84. The summed E-state index contributed by atoms with van der Waals surface area (Å²) in [6.45, 7) is 0. The lowest BCUT2D eigenvalue weighted by molar-refractivity contribution is 0.488. The van der Waals surface area contributed by atoms with Gasteiger partial charge in [0.05, 0.1) is 5.52 Å². The number of H-pyrrole nitrogens is 1. The minimum atomic E-state index is -4.07. The highest BCUT2D eigenvalue weighted by Crippen LogP contribution is 2.27. The molecular formula is C14H16N2O4S. The normalized spacial score (nSPS) is 15.5. The fourth-order valence-electron chi connectivity index (χ4n) is 2.90. The van der Waals surface area contributed by atoms with Crippen molar-refractivity contribution in [1.29, 1.82) is 0 Å². The molecule has 0 atom stereocenters. The number of nitrogens with one attached hydrogen (secondary N) is 1. The number of rotatable bonds is 2. The molecule has 0 unspecified atom stereocenters. The molecule has 0 radical (unpaired) electrons. The molecule has 0 bridgehead atoms. The molecule has 3 N–H and O–H groups in total. The molecule has 0 saturated carbocycles. The molecule has 3 rings (SSSR count). The van der Waals surface area contributed by atoms with Crippen LogP contribution in [0.15, 0.2) is 23.0 Å². The van der Waals surface area contributed by atoms with E-state index in [0.29, 0.717) is 5.52 Å². The highest BCUT2D eigenvalue weighted by atomic mass is 32.2. The van der Waals surface area contributed by atoms with Gasteiger partial charge in [-0.15, -0.1) is 0 Å². The smallest absolute Gasteiger partial charge is 0.371 e. The second kappa shape index (κ2) is 5.16. The molecule has 0 spiro atoms. The fourth-order valence-corrected chi connectivity index (χ4v) is 3.28. The molecule has 1 aromatic heterocycles. The van der Waals surface area contributed by atoms with Crippen LogP contribution in [-0.2, 0) is 23.1 Å². The quantitative estimate of drug-likeness (QED) is 0.818. The Morgan fingerprint density at radius 3 is 2.52 bits per heavy atom. The summed E-state index contributed by atoms with van der Waals surface area (Å²) >= 11 is 0. The first-order valence-electron chi connectivity index (χ1n) is 6.84. The van der Waals surface area contributed by atoms with Crippen molar-refractivity contribution in [2.45, 2.75) is 32.1 Å². The van der Waals surface area contributed by atoms with E-state index in [9.17, 15) is 13.2 Å². The van der Waals surface area contributed by atoms with Crippen LogP contribution >= 0.6 is 0 Å². The van der Waals surface area contributed by atoms with Gasteiger partial charge in [-0.25, -0.2) is 0 Å². The Balaban J connectivity index is 2.18. The van der Waals surface area contributed by atoms with Gasteiger partial charge in [0.25, 0.3) is 5.56 Å². The SMILES string of the molecule is NS(=O)(=O)Oc1ccc2c3c(c(=O)[nH]c2c1)CCCCC3. The zero-order valence-corrected chi connectivity index (χ0v) is 12.2. The molecule has 0 aliphatic heterocycles. The van der Waals surface area contributed by atoms with Crippen LogP contribution in [0.2, 0.25) is 0 Å². The predicted molar refractivity (Wildman–Crippen MR) is 79.6 cm³/mol. The average molecular weight is 308 g/mol. The summed E-state index contributed by atoms with van der Waals surface area (Å²) in [5, 5.41) is 5.79. The van der Waals surface area contributed by atoms with Gasteiger partial charge in [-0.1, -0.05) is 6.42 Å². The molecule has 1 aliphatic rings. The van der Waals surface area contributed by atoms with Crippen molar-refractivity contribution < 1.29 is 12.6 Å². The molecule has 2 aromatic rings. The monoisotopic (exact) mass is 308 g/mol. The summed E-state index contributed by atoms with van der Waals surface area (Å²) in [6, 6.07) is 4.82. The van der Waals surface area contributed by atoms with Crippen LogP contribution < -0.4 is 14.9 Å². The molecule has 21 heavy (non-hydrogen) atoms. The van der Waals surface area contributed by atoms with Gasteiger partial charge < -0.3 is 9.17 Å². The van der Waals surface area contributed by atoms with Crippen LogP contribution in [0.1, 0.15) is 30.4 Å². The number of nitrogens with two attached hydrogens (primary N) is 1. The third-order valence-electron chi connectivity index (χ3n) is 3.77. The van der Waals surface area contributed by atoms with Crippen LogP contribution in [0.4, 0.5) is 0 Å². The lowest BCUT2D eigenvalue weighted by Gasteiger charge is -2.10. The summed E-state index contributed by atoms with van der Waals surface area (Å²) in [5.74, 6) is 0.0919. The van der Waals surface area contributed by atoms with Gasteiger partial charge >= 0.3 is 10.3 Å². The number of aromatic nitrogens is 1. The van der Waals surface area contributed by atoms with Gasteiger partial charge in [0.1, 0.15) is 5.75 Å². The van der Waals surface area contributed by atoms with Crippen LogP contribution in [0.25, 0.3) is 10.9 Å². The van der Waals surface area contributed by atoms with Crippen molar-refractivity contribution in [3.8, 4) is 5.75 Å². The van der Waals surface area contributed by atoms with E-state index < -0.39 is 10.3 Å². The Kier molecular flexibility index (Phi) is 3.46. The van der Waals surface area contributed by atoms with Crippen LogP contribution in [0.5, 0.6) is 5.75 Å². The van der Waals surface area contributed by atoms with Crippen LogP contribution in [0.3, 0.4) is 0 Å². The summed E-state index contributed by atoms with van der Waals surface area (Å²) in [7, 11) is -4.07. The van der Waals surface area contributed by atoms with Crippen LogP contribution in [-0.4, -0.2) is 13.4 Å². The van der Waals surface area contributed by atoms with E-state index in [2.05, 4.69) is 9.17 Å². The number of hydrogen-bond donors (Lipinski definition) is 2. The Bertz CT molecular complexity index is 855. The molecule has 1 aromatic carbocycles. The summed E-state index contributed by atoms with van der Waals surface area (Å²) in [6.07, 6.45) is 4.85. The minimum Gasteiger partial charge on any atom is -0.371 e. The first-order valence-corrected chi connectivity index (χ1v) is 8.31. The second-order valence-corrected chi connectivity index (χ2v) is 6.41. The van der Waals surface area contributed by atoms with Crippen molar-refractivity contribution >= 4 is 21.2 Å². The van der Waals surface area contributed by atoms with Gasteiger partial charge in [-0.3, -0.25) is 4.79 Å². The highest BCUT2D eigenvalue weighted by Gasteiger charge is 2.16. The number of hydrogen-bond acceptors (Lipinski definition) is 4. The van der Waals surface area contributed by atoms with Crippen LogP contribution in [0, 0.1) is 0 Å². The molecule has 6 nitrogen and oxygen atoms in total. The van der Waals surface area contributed by atoms with E-state index in [-0.39, 0.29) is 11.3 Å². The van der Waals surface area contributed by atoms with E-state index in [4.69, 9.17) is 5.14 Å². The first-order chi connectivity index (χ1) is 9.94. The van der Waals surface area contributed by atoms with Crippen molar-refractivity contribution in [3.05, 3.63) is 39.7 Å². The van der Waals surface area contributed by atoms with Crippen molar-refractivity contribution in [3.63, 3.8) is 0 Å². The van der Waals surface area contributed by atoms with E-state index in [0.717, 1.165) is 48.6 Å². The molecule has 1 heterocycles. The third kappa shape index (κ3) is 2.93. The Morgan fingerprint density at radius 2 is 1.81 bits per heavy atom. The van der Waals surface area contributed by atoms with E-state index >= 15 is 0 Å². The van der Waals surface area contributed by atoms with Gasteiger partial charge in [0, 0.05) is 17.0 Å². The second-order valence-electron chi connectivity index (χ2n) is 5.26. The van der Waals surface area contributed by atoms with E-state index in [1.807, 2.05) is 0 Å². The molecule has 0 amide bonds. The maximum Gasteiger partial charge on any atom is 0.380 e. The van der Waals surface area contributed by atoms with Gasteiger partial charge in [0.2, 0.25) is 0 Å². The van der Waals surface area contributed by atoms with E-state index in [1.54, 1.807) is 12.1 Å². The third-order valence-corrected chi connectivity index (χ3v) is 4.19. The summed E-state index contributed by atoms with van der Waals surface area (Å²) in [4.78, 5) is 15.0. The van der Waals surface area contributed by atoms with Gasteiger partial charge in [-0.05, 0) is 43.4 Å². The van der Waals surface area contributed by atoms with Crippen molar-refractivity contribution in [2.75, 3.05) is 0 Å². The Morgan fingerprint density at radius 1 is 1.10 bits per heavy atom. The Labute approximate surface area is 122 Å². The van der Waals surface area contributed by atoms with E-state index in [1.165, 1.54) is 6.07 Å². The van der Waals surface area contributed by atoms with Gasteiger partial charge in [-0.2, -0.15) is 13.6 Å². The summed E-state index contributed by atoms with van der Waals surface area (Å²) < 4.78 is 26.6. The number of fused-ring (bicyclic) bond motifs is 3. The largest absolute Gasteiger partial charge is 0.380 e. The molecule has 0 fully saturated rings. The lowest BCUT2D eigenvalue weighted by atomic mass is 9.99. The molecular weight excluding hydrogens is 292 g/mol. The zero-order chi connectivity index (χ0) is 15.0. The molecule has 1 aliphatic carbocycles. The average Bonchev–Trinajstić information content (AvgIpc) is 2.62. The molecule has 0 saturated heterocycles. The molecule has 7 heteroatoms. The molecule has 112 valence electrons. The minimum absolute atomic E-state index is 0.0919. The maximum atomic E-state index is 12.2. The number of pyridine rings is 1. The fraction of sp³-hybridized carbons (Fsp3) is 0.357. The lowest BCUT2D eigenvalue weighted by Crippen LogP contribution is -2.19. The summed E-state index contributed by atoms with van der Waals surface area (Å²) in [5.41, 5.74) is 2.38. The van der Waals surface area contributed by atoms with Gasteiger partial charge in [0.15, 0.2) is 0 Å². The maximum absolute atomic E-state index is 12.2. The first kappa shape index (κ1) is 14.1. The van der Waals surface area contributed by atoms with Crippen molar-refractivity contribution in [2.24, 2.45) is 5.14 Å². The Hall–Kier alpha value is -1.86. The number of aromatic amines is 1.